The number of nitrogens with zero attached hydrogens (tertiary/aromatic N) is 8. The van der Waals surface area contributed by atoms with Crippen molar-refractivity contribution in [3.05, 3.63) is 86.5 Å². The summed E-state index contributed by atoms with van der Waals surface area (Å²) in [5.74, 6) is 0.472. The number of amides is 1. The number of ether oxygens (including phenoxy) is 1. The number of nitrogens with one attached hydrogen (secondary N) is 1. The molecule has 5 heterocycles. The molecule has 1 amide bonds. The van der Waals surface area contributed by atoms with Gasteiger partial charge in [-0.15, -0.1) is 16.4 Å². The average Bonchev–Trinajstić information content (AvgIpc) is 3.74. The fourth-order valence-electron chi connectivity index (χ4n) is 5.61. The van der Waals surface area contributed by atoms with E-state index in [1.165, 1.54) is 21.9 Å². The molecule has 0 atom stereocenters. The Morgan fingerprint density at radius 3 is 2.53 bits per heavy atom. The molecule has 1 aliphatic rings. The Labute approximate surface area is 286 Å². The summed E-state index contributed by atoms with van der Waals surface area (Å²) in [7, 11) is 1.61. The molecule has 0 saturated carbocycles. The summed E-state index contributed by atoms with van der Waals surface area (Å²) >= 11 is 1.35. The van der Waals surface area contributed by atoms with Crippen molar-refractivity contribution in [2.45, 2.75) is 52.0 Å². The Kier molecular flexibility index (Phi) is 9.53. The maximum absolute atomic E-state index is 14.1. The van der Waals surface area contributed by atoms with Crippen molar-refractivity contribution in [2.24, 2.45) is 5.92 Å². The first-order valence-corrected chi connectivity index (χ1v) is 16.7. The third kappa shape index (κ3) is 7.67. The van der Waals surface area contributed by atoms with Crippen LogP contribution in [-0.2, 0) is 16.8 Å². The summed E-state index contributed by atoms with van der Waals surface area (Å²) in [6, 6.07) is 10.7. The van der Waals surface area contributed by atoms with E-state index in [1.807, 2.05) is 34.5 Å². The number of methoxy groups -OCH3 is 1. The molecule has 0 aliphatic carbocycles. The van der Waals surface area contributed by atoms with Crippen LogP contribution < -0.4 is 20.5 Å². The molecule has 254 valence electrons. The van der Waals surface area contributed by atoms with Crippen molar-refractivity contribution in [1.82, 2.24) is 34.6 Å². The molecule has 0 spiro atoms. The van der Waals surface area contributed by atoms with Crippen LogP contribution in [0.15, 0.2) is 52.8 Å². The van der Waals surface area contributed by atoms with E-state index >= 15 is 0 Å². The van der Waals surface area contributed by atoms with Gasteiger partial charge in [0.05, 0.1) is 24.9 Å². The fourth-order valence-corrected chi connectivity index (χ4v) is 6.55. The summed E-state index contributed by atoms with van der Waals surface area (Å²) in [5.41, 5.74) is 2.31. The van der Waals surface area contributed by atoms with Crippen molar-refractivity contribution in [3.63, 3.8) is 0 Å². The third-order valence-electron chi connectivity index (χ3n) is 8.43. The van der Waals surface area contributed by atoms with Crippen LogP contribution in [0.3, 0.4) is 0 Å². The van der Waals surface area contributed by atoms with Gasteiger partial charge in [0.15, 0.2) is 11.0 Å². The zero-order chi connectivity index (χ0) is 34.7. The number of aromatic nitrogens is 7. The number of aliphatic carboxylic acids is 1. The molecule has 0 radical (unpaired) electrons. The molecule has 5 aromatic rings. The lowest BCUT2D eigenvalue weighted by Crippen LogP contribution is -2.37. The van der Waals surface area contributed by atoms with Gasteiger partial charge in [0.2, 0.25) is 0 Å². The van der Waals surface area contributed by atoms with Gasteiger partial charge in [-0.1, -0.05) is 32.9 Å². The molecular weight excluding hydrogens is 646 g/mol. The minimum absolute atomic E-state index is 0.0387. The standard InChI is InChI=1S/C34H37N9O5S/c1-34(2,3)26-20-49-33(35-26)37-31(46)23-13-16-42-28(18-23)36-30(41-14-11-21(12-15-41)17-29(44)45)25(32(42)47)9-10-27-38-39-40-43(27)19-22-5-7-24(48-4)8-6-22/h5-10,13,16,18,20-21H,11-12,14-15,17,19H2,1-4H3,(H,44,45)(H,35,37,46). The second-order valence-electron chi connectivity index (χ2n) is 12.9. The van der Waals surface area contributed by atoms with E-state index in [4.69, 9.17) is 9.72 Å². The lowest BCUT2D eigenvalue weighted by atomic mass is 9.93. The molecule has 2 N–H and O–H groups in total. The van der Waals surface area contributed by atoms with Crippen molar-refractivity contribution >= 4 is 52.0 Å². The van der Waals surface area contributed by atoms with E-state index in [2.05, 4.69) is 46.6 Å². The maximum atomic E-state index is 14.1. The van der Waals surface area contributed by atoms with Gasteiger partial charge < -0.3 is 14.7 Å². The smallest absolute Gasteiger partial charge is 0.303 e. The number of tetrazole rings is 1. The predicted molar refractivity (Wildman–Crippen MR) is 186 cm³/mol. The first-order valence-electron chi connectivity index (χ1n) is 15.9. The number of fused-ring (bicyclic) bond motifs is 1. The van der Waals surface area contributed by atoms with Crippen molar-refractivity contribution in [1.29, 1.82) is 0 Å². The quantitative estimate of drug-likeness (QED) is 0.211. The number of carboxylic acid groups (broad SMARTS) is 1. The number of thiazole rings is 1. The number of carboxylic acids is 1. The summed E-state index contributed by atoms with van der Waals surface area (Å²) in [6.45, 7) is 7.62. The maximum Gasteiger partial charge on any atom is 0.303 e. The zero-order valence-corrected chi connectivity index (χ0v) is 28.5. The highest BCUT2D eigenvalue weighted by atomic mass is 32.1. The van der Waals surface area contributed by atoms with Crippen LogP contribution in [-0.4, -0.2) is 71.8 Å². The highest BCUT2D eigenvalue weighted by Gasteiger charge is 2.26. The van der Waals surface area contributed by atoms with Crippen molar-refractivity contribution < 1.29 is 19.4 Å². The summed E-state index contributed by atoms with van der Waals surface area (Å²) in [6.07, 6.45) is 6.26. The Morgan fingerprint density at radius 2 is 1.86 bits per heavy atom. The second kappa shape index (κ2) is 14.0. The highest BCUT2D eigenvalue weighted by Crippen LogP contribution is 2.28. The highest BCUT2D eigenvalue weighted by molar-refractivity contribution is 7.14. The number of pyridine rings is 1. The Balaban J connectivity index is 1.32. The van der Waals surface area contributed by atoms with Crippen LogP contribution in [0.1, 0.15) is 73.0 Å². The number of carbonyl (C=O) groups excluding carboxylic acids is 1. The van der Waals surface area contributed by atoms with Gasteiger partial charge in [-0.3, -0.25) is 24.1 Å². The number of hydrogen-bond donors (Lipinski definition) is 2. The third-order valence-corrected chi connectivity index (χ3v) is 9.19. The molecule has 6 rings (SSSR count). The topological polar surface area (TPSA) is 170 Å². The number of piperidine rings is 1. The van der Waals surface area contributed by atoms with Gasteiger partial charge in [-0.25, -0.2) is 14.6 Å². The molecule has 0 bridgehead atoms. The van der Waals surface area contributed by atoms with E-state index in [0.717, 1.165) is 17.0 Å². The fraction of sp³-hybridized carbons (Fsp3) is 0.353. The summed E-state index contributed by atoms with van der Waals surface area (Å²) in [5, 5.41) is 26.7. The van der Waals surface area contributed by atoms with Crippen molar-refractivity contribution in [3.8, 4) is 5.75 Å². The number of rotatable bonds is 10. The van der Waals surface area contributed by atoms with E-state index in [9.17, 15) is 19.5 Å². The second-order valence-corrected chi connectivity index (χ2v) is 13.8. The van der Waals surface area contributed by atoms with Gasteiger partial charge in [0.25, 0.3) is 11.5 Å². The van der Waals surface area contributed by atoms with Crippen LogP contribution in [0.4, 0.5) is 10.9 Å². The molecule has 0 unspecified atom stereocenters. The van der Waals surface area contributed by atoms with Crippen LogP contribution in [0.25, 0.3) is 17.8 Å². The molecule has 1 fully saturated rings. The van der Waals surface area contributed by atoms with Gasteiger partial charge >= 0.3 is 5.97 Å². The van der Waals surface area contributed by atoms with Crippen LogP contribution in [0.5, 0.6) is 5.75 Å². The van der Waals surface area contributed by atoms with Crippen LogP contribution >= 0.6 is 11.3 Å². The monoisotopic (exact) mass is 683 g/mol. The molecule has 4 aromatic heterocycles. The lowest BCUT2D eigenvalue weighted by Gasteiger charge is -2.33. The molecule has 1 aliphatic heterocycles. The van der Waals surface area contributed by atoms with E-state index in [1.54, 1.807) is 36.1 Å². The van der Waals surface area contributed by atoms with E-state index in [0.29, 0.717) is 66.0 Å². The van der Waals surface area contributed by atoms with E-state index in [-0.39, 0.29) is 29.2 Å². The van der Waals surface area contributed by atoms with Gasteiger partial charge in [0, 0.05) is 42.1 Å². The van der Waals surface area contributed by atoms with E-state index < -0.39 is 5.97 Å². The SMILES string of the molecule is COc1ccc(Cn2nnnc2C=Cc2c(N3CCC(CC(=O)O)CC3)nc3cc(C(=O)Nc4nc(C(C)(C)C)cs4)ccn3c2=O)cc1. The minimum Gasteiger partial charge on any atom is -0.497 e. The van der Waals surface area contributed by atoms with Crippen LogP contribution in [0, 0.1) is 5.92 Å². The number of carbonyl (C=O) groups is 2. The molecule has 1 saturated heterocycles. The van der Waals surface area contributed by atoms with Gasteiger partial charge in [-0.05, 0) is 71.2 Å². The molecule has 1 aromatic carbocycles. The van der Waals surface area contributed by atoms with Gasteiger partial charge in [0.1, 0.15) is 17.2 Å². The molecule has 15 heteroatoms. The summed E-state index contributed by atoms with van der Waals surface area (Å²) < 4.78 is 8.27. The first kappa shape index (κ1) is 33.5. The average molecular weight is 684 g/mol. The lowest BCUT2D eigenvalue weighted by molar-refractivity contribution is -0.138. The Hall–Kier alpha value is -5.44. The molecule has 14 nitrogen and oxygen atoms in total. The molecular formula is C34H37N9O5S. The number of hydrogen-bond acceptors (Lipinski definition) is 11. The normalized spacial score (nSPS) is 14.1. The molecule has 49 heavy (non-hydrogen) atoms. The predicted octanol–water partition coefficient (Wildman–Crippen LogP) is 4.61. The minimum atomic E-state index is -0.824. The number of anilines is 2. The number of benzene rings is 1. The van der Waals surface area contributed by atoms with Crippen molar-refractivity contribution in [2.75, 3.05) is 30.4 Å². The van der Waals surface area contributed by atoms with Gasteiger partial charge in [-0.2, -0.15) is 0 Å². The summed E-state index contributed by atoms with van der Waals surface area (Å²) in [4.78, 5) is 50.1. The first-order chi connectivity index (χ1) is 23.5. The largest absolute Gasteiger partial charge is 0.497 e. The van der Waals surface area contributed by atoms with Crippen LogP contribution in [0.2, 0.25) is 0 Å². The zero-order valence-electron chi connectivity index (χ0n) is 27.7. The Bertz CT molecular complexity index is 2070. The Morgan fingerprint density at radius 1 is 1.10 bits per heavy atom.